The van der Waals surface area contributed by atoms with Gasteiger partial charge >= 0.3 is 15.6 Å². The molecular formula is C6H9F3O3S. The van der Waals surface area contributed by atoms with E-state index in [1.807, 2.05) is 0 Å². The normalized spacial score (nSPS) is 21.5. The van der Waals surface area contributed by atoms with E-state index in [4.69, 9.17) is 0 Å². The predicted molar refractivity (Wildman–Crippen MR) is 38.2 cm³/mol. The first-order valence-corrected chi connectivity index (χ1v) is 5.14. The Labute approximate surface area is 74.0 Å². The fourth-order valence-corrected chi connectivity index (χ4v) is 1.56. The monoisotopic (exact) mass is 218 g/mol. The summed E-state index contributed by atoms with van der Waals surface area (Å²) in [6.45, 7) is 1.33. The van der Waals surface area contributed by atoms with Gasteiger partial charge in [0, 0.05) is 0 Å². The van der Waals surface area contributed by atoms with Crippen molar-refractivity contribution in [2.45, 2.75) is 31.4 Å². The molecule has 0 N–H and O–H groups in total. The van der Waals surface area contributed by atoms with Gasteiger partial charge in [0.2, 0.25) is 0 Å². The van der Waals surface area contributed by atoms with E-state index in [1.54, 1.807) is 0 Å². The van der Waals surface area contributed by atoms with Gasteiger partial charge in [-0.15, -0.1) is 0 Å². The second kappa shape index (κ2) is 3.13. The van der Waals surface area contributed by atoms with Gasteiger partial charge in [0.25, 0.3) is 0 Å². The standard InChI is InChI=1S/C6H9F3O3S/c1-4(5-2-3-5)12-13(10,11)6(7,8)9/h4-5H,2-3H2,1H3. The minimum Gasteiger partial charge on any atom is -0.260 e. The molecule has 1 rings (SSSR count). The van der Waals surface area contributed by atoms with E-state index in [0.29, 0.717) is 0 Å². The largest absolute Gasteiger partial charge is 0.523 e. The van der Waals surface area contributed by atoms with E-state index in [2.05, 4.69) is 4.18 Å². The molecule has 0 heterocycles. The van der Waals surface area contributed by atoms with Gasteiger partial charge in [0.15, 0.2) is 0 Å². The minimum absolute atomic E-state index is 0.0443. The van der Waals surface area contributed by atoms with Crippen molar-refractivity contribution in [3.8, 4) is 0 Å². The highest BCUT2D eigenvalue weighted by atomic mass is 32.2. The lowest BCUT2D eigenvalue weighted by atomic mass is 10.3. The van der Waals surface area contributed by atoms with Crippen LogP contribution in [-0.4, -0.2) is 20.0 Å². The summed E-state index contributed by atoms with van der Waals surface area (Å²) in [5.74, 6) is -0.0443. The molecule has 3 nitrogen and oxygen atoms in total. The molecule has 0 aliphatic heterocycles. The van der Waals surface area contributed by atoms with Gasteiger partial charge in [-0.3, -0.25) is 4.18 Å². The molecule has 0 bridgehead atoms. The quantitative estimate of drug-likeness (QED) is 0.534. The zero-order chi connectivity index (χ0) is 10.3. The average molecular weight is 218 g/mol. The molecule has 0 aromatic heterocycles. The van der Waals surface area contributed by atoms with Gasteiger partial charge in [0.1, 0.15) is 0 Å². The summed E-state index contributed by atoms with van der Waals surface area (Å²) >= 11 is 0. The zero-order valence-electron chi connectivity index (χ0n) is 6.84. The van der Waals surface area contributed by atoms with Crippen molar-refractivity contribution in [3.63, 3.8) is 0 Å². The Kier molecular flexibility index (Phi) is 2.59. The van der Waals surface area contributed by atoms with Gasteiger partial charge < -0.3 is 0 Å². The van der Waals surface area contributed by atoms with Crippen molar-refractivity contribution < 1.29 is 25.8 Å². The maximum atomic E-state index is 11.8. The van der Waals surface area contributed by atoms with Gasteiger partial charge in [-0.2, -0.15) is 21.6 Å². The van der Waals surface area contributed by atoms with Gasteiger partial charge in [-0.05, 0) is 25.7 Å². The third kappa shape index (κ3) is 2.57. The molecule has 1 atom stereocenters. The summed E-state index contributed by atoms with van der Waals surface area (Å²) in [7, 11) is -5.40. The average Bonchev–Trinajstić information content (AvgIpc) is 2.62. The van der Waals surface area contributed by atoms with Crippen LogP contribution < -0.4 is 0 Å². The SMILES string of the molecule is CC(OS(=O)(=O)C(F)(F)F)C1CC1. The van der Waals surface area contributed by atoms with Gasteiger partial charge in [-0.25, -0.2) is 0 Å². The molecule has 0 amide bonds. The first kappa shape index (κ1) is 10.8. The van der Waals surface area contributed by atoms with Gasteiger partial charge in [0.05, 0.1) is 6.10 Å². The number of hydrogen-bond acceptors (Lipinski definition) is 3. The molecule has 0 aromatic rings. The molecule has 1 aliphatic rings. The summed E-state index contributed by atoms with van der Waals surface area (Å²) in [6, 6.07) is 0. The molecule has 1 saturated carbocycles. The third-order valence-electron chi connectivity index (χ3n) is 1.85. The number of rotatable bonds is 3. The summed E-state index contributed by atoms with van der Waals surface area (Å²) in [5.41, 5.74) is -5.31. The Hall–Kier alpha value is -0.300. The highest BCUT2D eigenvalue weighted by Gasteiger charge is 2.49. The maximum Gasteiger partial charge on any atom is 0.523 e. The molecule has 0 aromatic carbocycles. The lowest BCUT2D eigenvalue weighted by Gasteiger charge is -2.13. The molecule has 1 fully saturated rings. The highest BCUT2D eigenvalue weighted by molar-refractivity contribution is 7.87. The van der Waals surface area contributed by atoms with Crippen molar-refractivity contribution in [1.82, 2.24) is 0 Å². The van der Waals surface area contributed by atoms with Crippen molar-refractivity contribution >= 4 is 10.1 Å². The zero-order valence-corrected chi connectivity index (χ0v) is 7.65. The van der Waals surface area contributed by atoms with E-state index in [-0.39, 0.29) is 5.92 Å². The Morgan fingerprint density at radius 1 is 1.38 bits per heavy atom. The van der Waals surface area contributed by atoms with E-state index >= 15 is 0 Å². The highest BCUT2D eigenvalue weighted by Crippen LogP contribution is 2.36. The Bertz CT molecular complexity index is 278. The first-order chi connectivity index (χ1) is 5.74. The molecule has 78 valence electrons. The van der Waals surface area contributed by atoms with E-state index in [1.165, 1.54) is 6.92 Å². The van der Waals surface area contributed by atoms with Crippen LogP contribution in [0.5, 0.6) is 0 Å². The number of hydrogen-bond donors (Lipinski definition) is 0. The smallest absolute Gasteiger partial charge is 0.260 e. The van der Waals surface area contributed by atoms with E-state index < -0.39 is 21.7 Å². The Morgan fingerprint density at radius 3 is 2.15 bits per heavy atom. The lowest BCUT2D eigenvalue weighted by Crippen LogP contribution is -2.29. The second-order valence-electron chi connectivity index (χ2n) is 3.04. The van der Waals surface area contributed by atoms with Crippen LogP contribution in [0, 0.1) is 5.92 Å². The van der Waals surface area contributed by atoms with Crippen molar-refractivity contribution in [3.05, 3.63) is 0 Å². The van der Waals surface area contributed by atoms with Crippen LogP contribution in [0.2, 0.25) is 0 Å². The number of halogens is 3. The number of alkyl halides is 3. The second-order valence-corrected chi connectivity index (χ2v) is 4.60. The Morgan fingerprint density at radius 2 is 1.85 bits per heavy atom. The molecule has 0 saturated heterocycles. The van der Waals surface area contributed by atoms with Crippen LogP contribution in [-0.2, 0) is 14.3 Å². The van der Waals surface area contributed by atoms with Crippen LogP contribution in [0.15, 0.2) is 0 Å². The fraction of sp³-hybridized carbons (Fsp3) is 1.00. The summed E-state index contributed by atoms with van der Waals surface area (Å²) in [4.78, 5) is 0. The van der Waals surface area contributed by atoms with Gasteiger partial charge in [-0.1, -0.05) is 0 Å². The predicted octanol–water partition coefficient (Wildman–Crippen LogP) is 1.65. The molecule has 0 spiro atoms. The molecule has 0 radical (unpaired) electrons. The third-order valence-corrected chi connectivity index (χ3v) is 2.97. The van der Waals surface area contributed by atoms with E-state index in [0.717, 1.165) is 12.8 Å². The molecule has 13 heavy (non-hydrogen) atoms. The summed E-state index contributed by atoms with van der Waals surface area (Å²) < 4.78 is 60.2. The summed E-state index contributed by atoms with van der Waals surface area (Å²) in [5, 5.41) is 0. The van der Waals surface area contributed by atoms with Crippen LogP contribution in [0.25, 0.3) is 0 Å². The fourth-order valence-electron chi connectivity index (χ4n) is 0.899. The van der Waals surface area contributed by atoms with Crippen molar-refractivity contribution in [2.75, 3.05) is 0 Å². The van der Waals surface area contributed by atoms with Crippen LogP contribution in [0.3, 0.4) is 0 Å². The topological polar surface area (TPSA) is 43.4 Å². The molecule has 7 heteroatoms. The van der Waals surface area contributed by atoms with Crippen LogP contribution >= 0.6 is 0 Å². The van der Waals surface area contributed by atoms with Crippen LogP contribution in [0.1, 0.15) is 19.8 Å². The van der Waals surface area contributed by atoms with Crippen LogP contribution in [0.4, 0.5) is 13.2 Å². The summed E-state index contributed by atoms with van der Waals surface area (Å²) in [6.07, 6.45) is 0.593. The minimum atomic E-state index is -5.40. The Balaban J connectivity index is 2.61. The molecular weight excluding hydrogens is 209 g/mol. The van der Waals surface area contributed by atoms with E-state index in [9.17, 15) is 21.6 Å². The lowest BCUT2D eigenvalue weighted by molar-refractivity contribution is -0.0574. The molecule has 1 unspecified atom stereocenters. The van der Waals surface area contributed by atoms with Crippen molar-refractivity contribution in [1.29, 1.82) is 0 Å². The maximum absolute atomic E-state index is 11.8. The molecule has 1 aliphatic carbocycles. The van der Waals surface area contributed by atoms with Crippen molar-refractivity contribution in [2.24, 2.45) is 5.92 Å². The first-order valence-electron chi connectivity index (χ1n) is 3.73.